The molecule has 78 valence electrons. The summed E-state index contributed by atoms with van der Waals surface area (Å²) in [6, 6.07) is 0. The summed E-state index contributed by atoms with van der Waals surface area (Å²) in [5.74, 6) is 0. The fourth-order valence-electron chi connectivity index (χ4n) is 1.75. The summed E-state index contributed by atoms with van der Waals surface area (Å²) >= 11 is 0. The Balaban J connectivity index is 2.69. The summed E-state index contributed by atoms with van der Waals surface area (Å²) in [7, 11) is 0. The molecule has 1 saturated heterocycles. The molecule has 1 atom stereocenters. The predicted octanol–water partition coefficient (Wildman–Crippen LogP) is -1.19. The van der Waals surface area contributed by atoms with Crippen LogP contribution >= 0.6 is 0 Å². The van der Waals surface area contributed by atoms with Gasteiger partial charge in [-0.05, 0) is 0 Å². The minimum absolute atomic E-state index is 0.0490. The number of hydrogen-bond donors (Lipinski definition) is 3. The van der Waals surface area contributed by atoms with E-state index in [-0.39, 0.29) is 18.9 Å². The van der Waals surface area contributed by atoms with Crippen molar-refractivity contribution in [1.82, 2.24) is 9.80 Å². The highest BCUT2D eigenvalue weighted by atomic mass is 16.3. The lowest BCUT2D eigenvalue weighted by Gasteiger charge is -2.47. The van der Waals surface area contributed by atoms with Gasteiger partial charge in [0.1, 0.15) is 6.23 Å². The van der Waals surface area contributed by atoms with Crippen LogP contribution in [0.1, 0.15) is 13.8 Å². The monoisotopic (exact) mass is 190 g/mol. The Hall–Kier alpha value is -0.200. The Kier molecular flexibility index (Phi) is 3.26. The van der Waals surface area contributed by atoms with Gasteiger partial charge in [-0.1, -0.05) is 13.8 Å². The molecule has 0 aromatic heterocycles. The summed E-state index contributed by atoms with van der Waals surface area (Å²) in [5.41, 5.74) is -0.330. The first-order valence-electron chi connectivity index (χ1n) is 4.37. The molecule has 0 bridgehead atoms. The summed E-state index contributed by atoms with van der Waals surface area (Å²) in [6.07, 6.45) is -0.653. The molecular formula is C8H18N2O3. The lowest BCUT2D eigenvalue weighted by molar-refractivity contribution is -0.181. The van der Waals surface area contributed by atoms with Gasteiger partial charge in [0.15, 0.2) is 0 Å². The van der Waals surface area contributed by atoms with Crippen molar-refractivity contribution in [2.75, 3.05) is 26.7 Å². The molecule has 1 aliphatic rings. The molecule has 0 spiro atoms. The van der Waals surface area contributed by atoms with E-state index in [0.29, 0.717) is 13.2 Å². The summed E-state index contributed by atoms with van der Waals surface area (Å²) in [4.78, 5) is 3.28. The molecule has 1 rings (SSSR count). The van der Waals surface area contributed by atoms with E-state index in [0.717, 1.165) is 0 Å². The normalized spacial score (nSPS) is 30.7. The quantitative estimate of drug-likeness (QED) is 0.510. The Bertz CT molecular complexity index is 175. The zero-order valence-corrected chi connectivity index (χ0v) is 8.14. The molecule has 1 heterocycles. The number of nitrogens with zero attached hydrogens (tertiary/aromatic N) is 2. The third-order valence-electron chi connectivity index (χ3n) is 2.44. The van der Waals surface area contributed by atoms with Crippen LogP contribution in [0.4, 0.5) is 0 Å². The molecule has 5 heteroatoms. The molecule has 0 amide bonds. The second-order valence-corrected chi connectivity index (χ2v) is 4.20. The zero-order valence-electron chi connectivity index (χ0n) is 8.14. The average Bonchev–Trinajstić information content (AvgIpc) is 2.09. The number of rotatable bonds is 2. The summed E-state index contributed by atoms with van der Waals surface area (Å²) in [5, 5.41) is 27.7. The van der Waals surface area contributed by atoms with Gasteiger partial charge in [-0.25, -0.2) is 4.90 Å². The molecule has 0 aromatic rings. The first-order valence-corrected chi connectivity index (χ1v) is 4.37. The van der Waals surface area contributed by atoms with Gasteiger partial charge in [0.05, 0.1) is 20.1 Å². The van der Waals surface area contributed by atoms with E-state index in [4.69, 9.17) is 10.2 Å². The molecule has 0 aromatic carbocycles. The number of aliphatic hydroxyl groups is 3. The van der Waals surface area contributed by atoms with Crippen LogP contribution in [-0.4, -0.2) is 58.0 Å². The van der Waals surface area contributed by atoms with E-state index in [9.17, 15) is 5.11 Å². The fourth-order valence-corrected chi connectivity index (χ4v) is 1.75. The van der Waals surface area contributed by atoms with Crippen molar-refractivity contribution in [2.45, 2.75) is 20.1 Å². The maximum absolute atomic E-state index is 9.77. The van der Waals surface area contributed by atoms with Gasteiger partial charge < -0.3 is 15.3 Å². The first-order chi connectivity index (χ1) is 6.01. The van der Waals surface area contributed by atoms with Crippen molar-refractivity contribution in [1.29, 1.82) is 0 Å². The lowest BCUT2D eigenvalue weighted by Crippen LogP contribution is -2.59. The third kappa shape index (κ3) is 2.18. The Morgan fingerprint density at radius 2 is 1.92 bits per heavy atom. The standard InChI is InChI=1S/C8H18N2O3/c1-8(2)3-9(5-11)4-10(6-12)7(8)13/h7,11-13H,3-6H2,1-2H3. The maximum atomic E-state index is 9.77. The van der Waals surface area contributed by atoms with Crippen LogP contribution in [0.2, 0.25) is 0 Å². The molecule has 1 fully saturated rings. The van der Waals surface area contributed by atoms with Crippen LogP contribution in [-0.2, 0) is 0 Å². The lowest BCUT2D eigenvalue weighted by atomic mass is 9.88. The topological polar surface area (TPSA) is 67.2 Å². The van der Waals surface area contributed by atoms with E-state index in [1.54, 1.807) is 4.90 Å². The van der Waals surface area contributed by atoms with Crippen LogP contribution < -0.4 is 0 Å². The minimum Gasteiger partial charge on any atom is -0.381 e. The zero-order chi connectivity index (χ0) is 10.1. The van der Waals surface area contributed by atoms with Gasteiger partial charge in [-0.15, -0.1) is 0 Å². The molecular weight excluding hydrogens is 172 g/mol. The van der Waals surface area contributed by atoms with E-state index in [2.05, 4.69) is 0 Å². The van der Waals surface area contributed by atoms with Crippen LogP contribution in [0, 0.1) is 5.41 Å². The van der Waals surface area contributed by atoms with Gasteiger partial charge in [-0.3, -0.25) is 4.90 Å². The van der Waals surface area contributed by atoms with Crippen molar-refractivity contribution < 1.29 is 15.3 Å². The SMILES string of the molecule is CC1(C)CN(CO)CN(CO)C1O. The third-order valence-corrected chi connectivity index (χ3v) is 2.44. The van der Waals surface area contributed by atoms with E-state index in [1.165, 1.54) is 4.90 Å². The van der Waals surface area contributed by atoms with Gasteiger partial charge in [0, 0.05) is 12.0 Å². The van der Waals surface area contributed by atoms with Gasteiger partial charge in [0.2, 0.25) is 0 Å². The van der Waals surface area contributed by atoms with Crippen molar-refractivity contribution in [3.63, 3.8) is 0 Å². The molecule has 1 aliphatic heterocycles. The fraction of sp³-hybridized carbons (Fsp3) is 1.00. The second kappa shape index (κ2) is 3.89. The minimum atomic E-state index is -0.653. The van der Waals surface area contributed by atoms with Crippen LogP contribution in [0.5, 0.6) is 0 Å². The van der Waals surface area contributed by atoms with Crippen LogP contribution in [0.3, 0.4) is 0 Å². The Morgan fingerprint density at radius 1 is 1.31 bits per heavy atom. The molecule has 13 heavy (non-hydrogen) atoms. The maximum Gasteiger partial charge on any atom is 0.116 e. The first kappa shape index (κ1) is 10.9. The highest BCUT2D eigenvalue weighted by Crippen LogP contribution is 2.28. The van der Waals surface area contributed by atoms with Crippen molar-refractivity contribution in [2.24, 2.45) is 5.41 Å². The number of hydrogen-bond acceptors (Lipinski definition) is 5. The average molecular weight is 190 g/mol. The molecule has 0 saturated carbocycles. The second-order valence-electron chi connectivity index (χ2n) is 4.20. The molecule has 0 aliphatic carbocycles. The van der Waals surface area contributed by atoms with Crippen molar-refractivity contribution in [3.05, 3.63) is 0 Å². The van der Waals surface area contributed by atoms with Crippen LogP contribution in [0.25, 0.3) is 0 Å². The van der Waals surface area contributed by atoms with Gasteiger partial charge in [-0.2, -0.15) is 0 Å². The van der Waals surface area contributed by atoms with Gasteiger partial charge in [0.25, 0.3) is 0 Å². The number of aliphatic hydroxyl groups excluding tert-OH is 3. The van der Waals surface area contributed by atoms with Crippen molar-refractivity contribution in [3.8, 4) is 0 Å². The smallest absolute Gasteiger partial charge is 0.116 e. The van der Waals surface area contributed by atoms with Gasteiger partial charge >= 0.3 is 0 Å². The van der Waals surface area contributed by atoms with E-state index >= 15 is 0 Å². The summed E-state index contributed by atoms with van der Waals surface area (Å²) in [6.45, 7) is 4.59. The Morgan fingerprint density at radius 3 is 2.38 bits per heavy atom. The Labute approximate surface area is 78.2 Å². The molecule has 0 radical (unpaired) electrons. The molecule has 1 unspecified atom stereocenters. The van der Waals surface area contributed by atoms with Crippen LogP contribution in [0.15, 0.2) is 0 Å². The predicted molar refractivity (Wildman–Crippen MR) is 47.4 cm³/mol. The molecule has 3 N–H and O–H groups in total. The van der Waals surface area contributed by atoms with Crippen molar-refractivity contribution >= 4 is 0 Å². The molecule has 5 nitrogen and oxygen atoms in total. The highest BCUT2D eigenvalue weighted by molar-refractivity contribution is 4.84. The largest absolute Gasteiger partial charge is 0.381 e. The highest BCUT2D eigenvalue weighted by Gasteiger charge is 2.39. The summed E-state index contributed by atoms with van der Waals surface area (Å²) < 4.78 is 0. The van der Waals surface area contributed by atoms with E-state index < -0.39 is 6.23 Å². The van der Waals surface area contributed by atoms with E-state index in [1.807, 2.05) is 13.8 Å².